The van der Waals surface area contributed by atoms with Gasteiger partial charge in [0.15, 0.2) is 6.10 Å². The van der Waals surface area contributed by atoms with E-state index in [4.69, 9.17) is 9.84 Å². The first-order chi connectivity index (χ1) is 8.48. The summed E-state index contributed by atoms with van der Waals surface area (Å²) in [5.74, 6) is -1.58. The minimum atomic E-state index is -1.09. The lowest BCUT2D eigenvalue weighted by atomic mass is 9.98. The molecule has 1 aliphatic heterocycles. The van der Waals surface area contributed by atoms with Crippen molar-refractivity contribution in [2.24, 2.45) is 0 Å². The minimum Gasteiger partial charge on any atom is -0.479 e. The summed E-state index contributed by atoms with van der Waals surface area (Å²) in [5, 5.41) is 29.7. The van der Waals surface area contributed by atoms with Gasteiger partial charge in [-0.15, -0.1) is 0 Å². The lowest BCUT2D eigenvalue weighted by Gasteiger charge is -2.30. The molecule has 1 saturated heterocycles. The van der Waals surface area contributed by atoms with Crippen molar-refractivity contribution in [3.63, 3.8) is 0 Å². The summed E-state index contributed by atoms with van der Waals surface area (Å²) < 4.78 is 5.09. The first-order valence-corrected chi connectivity index (χ1v) is 5.90. The zero-order chi connectivity index (χ0) is 13.8. The third-order valence-electron chi connectivity index (χ3n) is 3.26. The van der Waals surface area contributed by atoms with Crippen LogP contribution >= 0.6 is 0 Å². The third-order valence-corrected chi connectivity index (χ3v) is 3.26. The highest BCUT2D eigenvalue weighted by Crippen LogP contribution is 2.21. The molecule has 4 N–H and O–H groups in total. The number of carboxylic acid groups (broad SMARTS) is 1. The van der Waals surface area contributed by atoms with Crippen LogP contribution in [-0.2, 0) is 14.3 Å². The Kier molecular flexibility index (Phi) is 5.06. The third kappa shape index (κ3) is 3.18. The molecule has 0 saturated carbocycles. The Morgan fingerprint density at radius 1 is 1.28 bits per heavy atom. The van der Waals surface area contributed by atoms with Crippen molar-refractivity contribution in [3.05, 3.63) is 0 Å². The van der Waals surface area contributed by atoms with E-state index in [2.05, 4.69) is 5.32 Å². The second-order valence-electron chi connectivity index (χ2n) is 4.47. The number of amides is 1. The van der Waals surface area contributed by atoms with Gasteiger partial charge in [0.25, 0.3) is 0 Å². The quantitative estimate of drug-likeness (QED) is 0.480. The van der Waals surface area contributed by atoms with Crippen molar-refractivity contribution < 1.29 is 29.6 Å². The van der Waals surface area contributed by atoms with Gasteiger partial charge in [0.2, 0.25) is 5.91 Å². The molecule has 7 heteroatoms. The highest BCUT2D eigenvalue weighted by molar-refractivity contribution is 5.83. The van der Waals surface area contributed by atoms with Crippen molar-refractivity contribution in [2.45, 2.75) is 43.9 Å². The van der Waals surface area contributed by atoms with Crippen LogP contribution in [0.3, 0.4) is 0 Å². The molecule has 0 aromatic carbocycles. The van der Waals surface area contributed by atoms with E-state index < -0.39 is 29.6 Å². The van der Waals surface area contributed by atoms with E-state index in [0.29, 0.717) is 12.8 Å². The summed E-state index contributed by atoms with van der Waals surface area (Å²) in [6, 6.07) is 0. The van der Waals surface area contributed by atoms with E-state index in [1.54, 1.807) is 6.92 Å². The number of hydrogen-bond donors (Lipinski definition) is 4. The lowest BCUT2D eigenvalue weighted by molar-refractivity contribution is -0.152. The lowest BCUT2D eigenvalue weighted by Crippen LogP contribution is -2.56. The molecule has 1 heterocycles. The number of aliphatic hydroxyl groups is 2. The van der Waals surface area contributed by atoms with Gasteiger partial charge in [0, 0.05) is 0 Å². The van der Waals surface area contributed by atoms with Crippen LogP contribution in [0.1, 0.15) is 26.2 Å². The van der Waals surface area contributed by atoms with Crippen molar-refractivity contribution in [1.29, 1.82) is 0 Å². The van der Waals surface area contributed by atoms with E-state index in [9.17, 15) is 19.8 Å². The number of carbonyl (C=O) groups excluding carboxylic acids is 1. The Labute approximate surface area is 105 Å². The summed E-state index contributed by atoms with van der Waals surface area (Å²) in [7, 11) is 0. The van der Waals surface area contributed by atoms with Crippen molar-refractivity contribution >= 4 is 11.9 Å². The second kappa shape index (κ2) is 6.12. The molecule has 2 unspecified atom stereocenters. The Bertz CT molecular complexity index is 306. The summed E-state index contributed by atoms with van der Waals surface area (Å²) >= 11 is 0. The van der Waals surface area contributed by atoms with E-state index in [-0.39, 0.29) is 19.6 Å². The molecule has 2 atom stereocenters. The fourth-order valence-electron chi connectivity index (χ4n) is 1.79. The molecular weight excluding hydrogens is 242 g/mol. The predicted molar refractivity (Wildman–Crippen MR) is 60.9 cm³/mol. The molecule has 0 spiro atoms. The molecule has 0 bridgehead atoms. The van der Waals surface area contributed by atoms with E-state index >= 15 is 0 Å². The van der Waals surface area contributed by atoms with E-state index in [0.717, 1.165) is 0 Å². The fourth-order valence-corrected chi connectivity index (χ4v) is 1.79. The van der Waals surface area contributed by atoms with Gasteiger partial charge >= 0.3 is 5.97 Å². The predicted octanol–water partition coefficient (Wildman–Crippen LogP) is -1.13. The SMILES string of the molecule is CCC(CO)(CO)NC(=O)C1CCC(C(=O)O)O1. The van der Waals surface area contributed by atoms with Gasteiger partial charge in [-0.1, -0.05) is 6.92 Å². The molecule has 1 aliphatic rings. The maximum Gasteiger partial charge on any atom is 0.332 e. The Hall–Kier alpha value is -1.18. The highest BCUT2D eigenvalue weighted by Gasteiger charge is 2.38. The molecule has 0 aromatic rings. The molecule has 7 nitrogen and oxygen atoms in total. The van der Waals surface area contributed by atoms with Gasteiger partial charge in [-0.05, 0) is 19.3 Å². The second-order valence-corrected chi connectivity index (χ2v) is 4.47. The van der Waals surface area contributed by atoms with Gasteiger partial charge in [-0.3, -0.25) is 4.79 Å². The molecule has 1 rings (SSSR count). The van der Waals surface area contributed by atoms with Crippen LogP contribution in [0.2, 0.25) is 0 Å². The number of carboxylic acids is 1. The van der Waals surface area contributed by atoms with Crippen LogP contribution in [0.4, 0.5) is 0 Å². The van der Waals surface area contributed by atoms with Crippen LogP contribution in [-0.4, -0.2) is 58.2 Å². The Morgan fingerprint density at radius 3 is 2.22 bits per heavy atom. The van der Waals surface area contributed by atoms with E-state index in [1.165, 1.54) is 0 Å². The minimum absolute atomic E-state index is 0.283. The van der Waals surface area contributed by atoms with Gasteiger partial charge in [0.1, 0.15) is 6.10 Å². The standard InChI is InChI=1S/C11H19NO6/c1-2-11(5-13,6-14)12-9(15)7-3-4-8(18-7)10(16)17/h7-8,13-14H,2-6H2,1H3,(H,12,15)(H,16,17). The Morgan fingerprint density at radius 2 is 1.83 bits per heavy atom. The van der Waals surface area contributed by atoms with Crippen molar-refractivity contribution in [2.75, 3.05) is 13.2 Å². The molecule has 18 heavy (non-hydrogen) atoms. The van der Waals surface area contributed by atoms with Gasteiger partial charge in [-0.2, -0.15) is 0 Å². The Balaban J connectivity index is 2.58. The van der Waals surface area contributed by atoms with Gasteiger partial charge in [0.05, 0.1) is 18.8 Å². The number of ether oxygens (including phenoxy) is 1. The number of nitrogens with one attached hydrogen (secondary N) is 1. The van der Waals surface area contributed by atoms with Crippen LogP contribution in [0.15, 0.2) is 0 Å². The largest absolute Gasteiger partial charge is 0.479 e. The molecule has 104 valence electrons. The number of carbonyl (C=O) groups is 2. The molecule has 0 aromatic heterocycles. The first-order valence-electron chi connectivity index (χ1n) is 5.90. The van der Waals surface area contributed by atoms with Crippen LogP contribution in [0.25, 0.3) is 0 Å². The molecular formula is C11H19NO6. The maximum atomic E-state index is 11.9. The highest BCUT2D eigenvalue weighted by atomic mass is 16.5. The van der Waals surface area contributed by atoms with Gasteiger partial charge in [-0.25, -0.2) is 4.79 Å². The van der Waals surface area contributed by atoms with Crippen molar-refractivity contribution in [1.82, 2.24) is 5.32 Å². The normalized spacial score (nSPS) is 23.9. The molecule has 0 radical (unpaired) electrons. The average molecular weight is 261 g/mol. The van der Waals surface area contributed by atoms with Crippen LogP contribution in [0.5, 0.6) is 0 Å². The molecule has 0 aliphatic carbocycles. The van der Waals surface area contributed by atoms with Crippen LogP contribution in [0, 0.1) is 0 Å². The fraction of sp³-hybridized carbons (Fsp3) is 0.818. The van der Waals surface area contributed by atoms with Crippen molar-refractivity contribution in [3.8, 4) is 0 Å². The summed E-state index contributed by atoms with van der Waals surface area (Å²) in [6.07, 6.45) is -0.833. The average Bonchev–Trinajstić information content (AvgIpc) is 2.86. The number of rotatable bonds is 6. The topological polar surface area (TPSA) is 116 Å². The van der Waals surface area contributed by atoms with Gasteiger partial charge < -0.3 is 25.4 Å². The van der Waals surface area contributed by atoms with E-state index in [1.807, 2.05) is 0 Å². The molecule has 1 fully saturated rings. The summed E-state index contributed by atoms with van der Waals surface area (Å²) in [4.78, 5) is 22.5. The monoisotopic (exact) mass is 261 g/mol. The maximum absolute atomic E-state index is 11.9. The zero-order valence-corrected chi connectivity index (χ0v) is 10.3. The smallest absolute Gasteiger partial charge is 0.332 e. The first kappa shape index (κ1) is 14.9. The molecule has 1 amide bonds. The number of aliphatic carboxylic acids is 1. The summed E-state index contributed by atoms with van der Waals surface area (Å²) in [6.45, 7) is 0.948. The van der Waals surface area contributed by atoms with Crippen LogP contribution < -0.4 is 5.32 Å². The number of aliphatic hydroxyl groups excluding tert-OH is 2. The summed E-state index contributed by atoms with van der Waals surface area (Å²) in [5.41, 5.74) is -1.08. The zero-order valence-electron chi connectivity index (χ0n) is 10.3. The number of hydrogen-bond acceptors (Lipinski definition) is 5.